The minimum atomic E-state index is -1.24. The molecule has 16 nitrogen and oxygen atoms in total. The molecule has 2 aliphatic heterocycles. The molecule has 4 amide bonds. The van der Waals surface area contributed by atoms with Gasteiger partial charge in [0.25, 0.3) is 0 Å². The Morgan fingerprint density at radius 1 is 1.05 bits per heavy atom. The lowest BCUT2D eigenvalue weighted by atomic mass is 10.1. The van der Waals surface area contributed by atoms with Gasteiger partial charge in [-0.15, -0.1) is 0 Å². The fourth-order valence-electron chi connectivity index (χ4n) is 5.10. The van der Waals surface area contributed by atoms with Crippen LogP contribution in [0.2, 0.25) is 0 Å². The third-order valence-electron chi connectivity index (χ3n) is 7.19. The maximum atomic E-state index is 13.7. The number of hydrogen-bond acceptors (Lipinski definition) is 9. The minimum absolute atomic E-state index is 0.0481. The zero-order valence-corrected chi connectivity index (χ0v) is 23.6. The zero-order valence-electron chi connectivity index (χ0n) is 23.6. The zero-order chi connectivity index (χ0) is 30.5. The van der Waals surface area contributed by atoms with Gasteiger partial charge in [0.05, 0.1) is 12.1 Å². The molecule has 0 aromatic heterocycles. The van der Waals surface area contributed by atoms with Gasteiger partial charge >= 0.3 is 5.97 Å². The lowest BCUT2D eigenvalue weighted by molar-refractivity contribution is -0.148. The quantitative estimate of drug-likeness (QED) is 0.0500. The first-order valence-electron chi connectivity index (χ1n) is 14.0. The summed E-state index contributed by atoms with van der Waals surface area (Å²) in [5.74, 6) is -3.49. The molecule has 2 aliphatic rings. The molecule has 0 aromatic carbocycles. The normalized spacial score (nSPS) is 21.7. The first-order valence-corrected chi connectivity index (χ1v) is 14.0. The van der Waals surface area contributed by atoms with Crippen molar-refractivity contribution in [3.63, 3.8) is 0 Å². The monoisotopic (exact) mass is 583 g/mol. The molecule has 0 radical (unpaired) electrons. The molecule has 2 saturated heterocycles. The third-order valence-corrected chi connectivity index (χ3v) is 7.19. The van der Waals surface area contributed by atoms with E-state index in [0.29, 0.717) is 25.7 Å². The Hall–Kier alpha value is -3.50. The van der Waals surface area contributed by atoms with Gasteiger partial charge in [-0.1, -0.05) is 6.42 Å². The van der Waals surface area contributed by atoms with E-state index in [4.69, 9.17) is 22.3 Å². The number of hydrogen-bond donors (Lipinski definition) is 8. The van der Waals surface area contributed by atoms with Crippen molar-refractivity contribution in [1.29, 1.82) is 0 Å². The van der Waals surface area contributed by atoms with Crippen LogP contribution in [0.25, 0.3) is 0 Å². The number of aliphatic hydroxyl groups excluding tert-OH is 1. The second-order valence-electron chi connectivity index (χ2n) is 10.4. The first kappa shape index (κ1) is 33.7. The number of aliphatic hydroxyl groups is 1. The number of amides is 4. The fourth-order valence-corrected chi connectivity index (χ4v) is 5.10. The summed E-state index contributed by atoms with van der Waals surface area (Å²) in [5.41, 5.74) is 16.9. The van der Waals surface area contributed by atoms with Gasteiger partial charge in [0, 0.05) is 26.1 Å². The van der Waals surface area contributed by atoms with E-state index >= 15 is 0 Å². The van der Waals surface area contributed by atoms with Crippen molar-refractivity contribution in [2.45, 2.75) is 81.6 Å². The highest BCUT2D eigenvalue weighted by Gasteiger charge is 2.45. The van der Waals surface area contributed by atoms with Crippen LogP contribution in [0.4, 0.5) is 0 Å². The van der Waals surface area contributed by atoms with Crippen molar-refractivity contribution in [3.05, 3.63) is 0 Å². The molecule has 0 spiro atoms. The molecule has 0 aromatic rings. The second kappa shape index (κ2) is 16.7. The van der Waals surface area contributed by atoms with Crippen molar-refractivity contribution >= 4 is 35.6 Å². The topological polar surface area (TPSA) is 259 Å². The van der Waals surface area contributed by atoms with E-state index in [1.807, 2.05) is 7.05 Å². The van der Waals surface area contributed by atoms with Gasteiger partial charge < -0.3 is 53.2 Å². The number of nitrogens with two attached hydrogens (primary N) is 3. The lowest BCUT2D eigenvalue weighted by Crippen LogP contribution is -2.57. The number of nitrogens with one attached hydrogen (secondary N) is 3. The highest BCUT2D eigenvalue weighted by atomic mass is 16.4. The van der Waals surface area contributed by atoms with Gasteiger partial charge in [-0.2, -0.15) is 0 Å². The highest BCUT2D eigenvalue weighted by Crippen LogP contribution is 2.26. The number of carboxylic acid groups (broad SMARTS) is 1. The van der Waals surface area contributed by atoms with Crippen LogP contribution in [-0.4, -0.2) is 126 Å². The SMILES string of the molecule is CNCCCC[C@H](N)C(=O)N[C@@H](CCCN=C(N)N)C(=O)N1CCC[C@H]1C(=O)N1C[C@H](O)C[C@H]1C(=O)NCC(=O)O. The molecule has 0 saturated carbocycles. The van der Waals surface area contributed by atoms with Crippen LogP contribution < -0.4 is 33.2 Å². The maximum absolute atomic E-state index is 13.7. The summed E-state index contributed by atoms with van der Waals surface area (Å²) in [6, 6.07) is -3.76. The van der Waals surface area contributed by atoms with Crippen LogP contribution in [0.15, 0.2) is 4.99 Å². The number of likely N-dealkylation sites (tertiary alicyclic amines) is 2. The summed E-state index contributed by atoms with van der Waals surface area (Å²) >= 11 is 0. The predicted molar refractivity (Wildman–Crippen MR) is 149 cm³/mol. The number of unbranched alkanes of at least 4 members (excludes halogenated alkanes) is 1. The number of aliphatic imine (C=N–C) groups is 1. The smallest absolute Gasteiger partial charge is 0.322 e. The molecule has 16 heteroatoms. The van der Waals surface area contributed by atoms with Gasteiger partial charge in [-0.3, -0.25) is 29.0 Å². The van der Waals surface area contributed by atoms with Crippen LogP contribution >= 0.6 is 0 Å². The molecule has 0 aliphatic carbocycles. The number of aliphatic carboxylic acids is 1. The number of β-amino-alcohol motifs (C(OH)–C–C–N with tert-alkyl or cyclic N) is 1. The summed E-state index contributed by atoms with van der Waals surface area (Å²) in [5, 5.41) is 27.1. The van der Waals surface area contributed by atoms with E-state index in [1.165, 1.54) is 9.80 Å². The predicted octanol–water partition coefficient (Wildman–Crippen LogP) is -3.60. The summed E-state index contributed by atoms with van der Waals surface area (Å²) in [4.78, 5) is 70.2. The maximum Gasteiger partial charge on any atom is 0.322 e. The molecule has 0 bridgehead atoms. The Morgan fingerprint density at radius 3 is 2.44 bits per heavy atom. The average molecular weight is 584 g/mol. The van der Waals surface area contributed by atoms with Crippen LogP contribution in [0.1, 0.15) is 51.4 Å². The summed E-state index contributed by atoms with van der Waals surface area (Å²) < 4.78 is 0. The summed E-state index contributed by atoms with van der Waals surface area (Å²) in [6.45, 7) is 0.543. The van der Waals surface area contributed by atoms with Crippen LogP contribution in [0, 0.1) is 0 Å². The van der Waals surface area contributed by atoms with E-state index in [2.05, 4.69) is 20.9 Å². The van der Waals surface area contributed by atoms with Gasteiger partial charge in [0.2, 0.25) is 23.6 Å². The summed E-state index contributed by atoms with van der Waals surface area (Å²) in [6.07, 6.45) is 2.43. The molecule has 2 rings (SSSR count). The van der Waals surface area contributed by atoms with Gasteiger partial charge in [0.15, 0.2) is 5.96 Å². The van der Waals surface area contributed by atoms with E-state index in [0.717, 1.165) is 19.4 Å². The Bertz CT molecular complexity index is 960. The Morgan fingerprint density at radius 2 is 1.78 bits per heavy atom. The molecule has 232 valence electrons. The van der Waals surface area contributed by atoms with Crippen LogP contribution in [0.3, 0.4) is 0 Å². The van der Waals surface area contributed by atoms with Crippen molar-refractivity contribution in [3.8, 4) is 0 Å². The molecule has 2 heterocycles. The van der Waals surface area contributed by atoms with E-state index < -0.39 is 66.4 Å². The average Bonchev–Trinajstić information content (AvgIpc) is 3.57. The van der Waals surface area contributed by atoms with Crippen molar-refractivity contribution in [2.75, 3.05) is 39.8 Å². The molecule has 5 atom stereocenters. The summed E-state index contributed by atoms with van der Waals surface area (Å²) in [7, 11) is 1.84. The fraction of sp³-hybridized carbons (Fsp3) is 0.760. The van der Waals surface area contributed by atoms with Crippen LogP contribution in [-0.2, 0) is 24.0 Å². The van der Waals surface area contributed by atoms with Gasteiger partial charge in [0.1, 0.15) is 24.7 Å². The lowest BCUT2D eigenvalue weighted by Gasteiger charge is -2.33. The molecule has 2 fully saturated rings. The molecule has 41 heavy (non-hydrogen) atoms. The standard InChI is InChI=1S/C25H45N9O7/c1-29-9-3-2-6-16(26)21(38)32-17(7-4-10-30-25(27)28)23(40)33-11-5-8-18(33)24(41)34-14-15(35)12-19(34)22(39)31-13-20(36)37/h15-19,29,35H,2-14,26H2,1H3,(H,31,39)(H,32,38)(H,36,37)(H4,27,28,30)/t15-,16+,17+,18+,19+/m1/s1. The van der Waals surface area contributed by atoms with Gasteiger partial charge in [-0.25, -0.2) is 0 Å². The number of rotatable bonds is 16. The Labute approximate surface area is 239 Å². The van der Waals surface area contributed by atoms with Crippen LogP contribution in [0.5, 0.6) is 0 Å². The Balaban J connectivity index is 2.15. The number of carboxylic acids is 1. The van der Waals surface area contributed by atoms with E-state index in [-0.39, 0.29) is 38.4 Å². The molecule has 0 unspecified atom stereocenters. The van der Waals surface area contributed by atoms with Crippen molar-refractivity contribution in [1.82, 2.24) is 25.8 Å². The minimum Gasteiger partial charge on any atom is -0.480 e. The number of carbonyl (C=O) groups excluding carboxylic acids is 4. The molecule has 11 N–H and O–H groups in total. The van der Waals surface area contributed by atoms with Crippen molar-refractivity contribution < 1.29 is 34.2 Å². The van der Waals surface area contributed by atoms with E-state index in [1.54, 1.807) is 0 Å². The number of nitrogens with zero attached hydrogens (tertiary/aromatic N) is 3. The van der Waals surface area contributed by atoms with Crippen molar-refractivity contribution in [2.24, 2.45) is 22.2 Å². The first-order chi connectivity index (χ1) is 19.5. The largest absolute Gasteiger partial charge is 0.480 e. The Kier molecular flexibility index (Phi) is 13.7. The van der Waals surface area contributed by atoms with E-state index in [9.17, 15) is 29.1 Å². The second-order valence-corrected chi connectivity index (χ2v) is 10.4. The third kappa shape index (κ3) is 10.4. The van der Waals surface area contributed by atoms with Gasteiger partial charge in [-0.05, 0) is 52.1 Å². The molecular formula is C25H45N9O7. The number of carbonyl (C=O) groups is 5. The molecular weight excluding hydrogens is 538 g/mol. The number of guanidine groups is 1. The highest BCUT2D eigenvalue weighted by molar-refractivity contribution is 5.96.